The molecule has 0 aromatic carbocycles. The number of aliphatic hydroxyl groups excluding tert-OH is 2. The molecule has 0 radical (unpaired) electrons. The van der Waals surface area contributed by atoms with Crippen molar-refractivity contribution in [3.8, 4) is 0 Å². The maximum Gasteiger partial charge on any atom is 0.0577 e. The number of hydrogen-bond donors (Lipinski definition) is 2. The summed E-state index contributed by atoms with van der Waals surface area (Å²) in [4.78, 5) is 0. The summed E-state index contributed by atoms with van der Waals surface area (Å²) >= 11 is 0. The van der Waals surface area contributed by atoms with Crippen LogP contribution in [0.15, 0.2) is 11.6 Å². The van der Waals surface area contributed by atoms with Gasteiger partial charge in [0.15, 0.2) is 0 Å². The molecule has 0 saturated heterocycles. The smallest absolute Gasteiger partial charge is 0.0577 e. The van der Waals surface area contributed by atoms with Crippen LogP contribution in [0.25, 0.3) is 0 Å². The van der Waals surface area contributed by atoms with Crippen molar-refractivity contribution in [3.63, 3.8) is 0 Å². The fourth-order valence-corrected chi connectivity index (χ4v) is 8.66. The van der Waals surface area contributed by atoms with Crippen molar-refractivity contribution in [1.82, 2.24) is 0 Å². The van der Waals surface area contributed by atoms with Crippen LogP contribution in [0, 0.1) is 46.3 Å². The molecule has 4 aliphatic carbocycles. The molecule has 0 aromatic rings. The Kier molecular flexibility index (Phi) is 6.26. The fourth-order valence-electron chi connectivity index (χ4n) is 8.66. The van der Waals surface area contributed by atoms with Crippen LogP contribution in [0.2, 0.25) is 0 Å². The van der Waals surface area contributed by atoms with Gasteiger partial charge in [-0.05, 0) is 104 Å². The Morgan fingerprint density at radius 1 is 1.03 bits per heavy atom. The third-order valence-corrected chi connectivity index (χ3v) is 10.3. The fraction of sp³-hybridized carbons (Fsp3) is 0.926. The molecule has 2 nitrogen and oxygen atoms in total. The van der Waals surface area contributed by atoms with Crippen LogP contribution in [0.4, 0.5) is 0 Å². The summed E-state index contributed by atoms with van der Waals surface area (Å²) in [5, 5.41) is 20.5. The van der Waals surface area contributed by atoms with Crippen molar-refractivity contribution < 1.29 is 10.2 Å². The van der Waals surface area contributed by atoms with Gasteiger partial charge < -0.3 is 10.2 Å². The van der Waals surface area contributed by atoms with E-state index >= 15 is 0 Å². The quantitative estimate of drug-likeness (QED) is 0.507. The molecule has 0 heterocycles. The lowest BCUT2D eigenvalue weighted by Crippen LogP contribution is -2.51. The first-order valence-corrected chi connectivity index (χ1v) is 12.8. The molecule has 4 aliphatic rings. The van der Waals surface area contributed by atoms with E-state index in [-0.39, 0.29) is 6.10 Å². The SMILES string of the molecule is CC(C)CCC[C@@H](CO)[C@H]1CC[C@H]2[C@@H]3CC=C4CC(O)CC[C@]4(C)[C@H]3CC[C@]12C. The highest BCUT2D eigenvalue weighted by atomic mass is 16.3. The van der Waals surface area contributed by atoms with Gasteiger partial charge in [-0.2, -0.15) is 0 Å². The molecule has 0 aliphatic heterocycles. The highest BCUT2D eigenvalue weighted by molar-refractivity contribution is 5.25. The minimum Gasteiger partial charge on any atom is -0.396 e. The number of rotatable bonds is 6. The van der Waals surface area contributed by atoms with Crippen LogP contribution in [0.1, 0.15) is 98.3 Å². The van der Waals surface area contributed by atoms with E-state index in [0.29, 0.717) is 23.4 Å². The molecule has 1 unspecified atom stereocenters. The largest absolute Gasteiger partial charge is 0.396 e. The predicted molar refractivity (Wildman–Crippen MR) is 120 cm³/mol. The lowest BCUT2D eigenvalue weighted by Gasteiger charge is -2.58. The minimum absolute atomic E-state index is 0.105. The second-order valence-corrected chi connectivity index (χ2v) is 12.2. The van der Waals surface area contributed by atoms with E-state index in [2.05, 4.69) is 33.8 Å². The monoisotopic (exact) mass is 402 g/mol. The van der Waals surface area contributed by atoms with Gasteiger partial charge in [0.05, 0.1) is 6.10 Å². The van der Waals surface area contributed by atoms with Crippen molar-refractivity contribution in [2.75, 3.05) is 6.61 Å². The molecule has 3 saturated carbocycles. The Morgan fingerprint density at radius 2 is 1.83 bits per heavy atom. The lowest BCUT2D eigenvalue weighted by molar-refractivity contribution is -0.0623. The van der Waals surface area contributed by atoms with E-state index in [1.54, 1.807) is 5.57 Å². The topological polar surface area (TPSA) is 40.5 Å². The Morgan fingerprint density at radius 3 is 2.55 bits per heavy atom. The summed E-state index contributed by atoms with van der Waals surface area (Å²) in [5.74, 6) is 4.49. The zero-order chi connectivity index (χ0) is 20.8. The first-order chi connectivity index (χ1) is 13.8. The van der Waals surface area contributed by atoms with Gasteiger partial charge in [-0.25, -0.2) is 0 Å². The number of aliphatic hydroxyl groups is 2. The minimum atomic E-state index is -0.105. The van der Waals surface area contributed by atoms with E-state index in [1.807, 2.05) is 0 Å². The summed E-state index contributed by atoms with van der Waals surface area (Å²) in [6, 6.07) is 0. The molecule has 29 heavy (non-hydrogen) atoms. The van der Waals surface area contributed by atoms with Gasteiger partial charge in [-0.1, -0.05) is 52.2 Å². The first kappa shape index (κ1) is 21.9. The molecule has 3 fully saturated rings. The van der Waals surface area contributed by atoms with Crippen molar-refractivity contribution in [3.05, 3.63) is 11.6 Å². The van der Waals surface area contributed by atoms with Crippen LogP contribution in [-0.4, -0.2) is 22.9 Å². The van der Waals surface area contributed by atoms with Gasteiger partial charge in [0.25, 0.3) is 0 Å². The number of fused-ring (bicyclic) bond motifs is 5. The molecular weight excluding hydrogens is 356 g/mol. The molecule has 0 spiro atoms. The molecule has 4 rings (SSSR count). The standard InChI is InChI=1S/C27H46O2/c1-18(2)6-5-7-19(17-28)23-10-11-24-22-9-8-20-16-21(29)12-14-26(20,3)25(22)13-15-27(23,24)4/h8,18-19,21-25,28-29H,5-7,9-17H2,1-4H3/t19-,21?,22-,23+,24-,25-,26-,27+/m0/s1. The maximum atomic E-state index is 10.3. The molecule has 8 atom stereocenters. The summed E-state index contributed by atoms with van der Waals surface area (Å²) in [6.07, 6.45) is 16.0. The molecule has 0 aromatic heterocycles. The third kappa shape index (κ3) is 3.75. The number of hydrogen-bond acceptors (Lipinski definition) is 2. The van der Waals surface area contributed by atoms with Gasteiger partial charge in [-0.15, -0.1) is 0 Å². The van der Waals surface area contributed by atoms with Crippen LogP contribution < -0.4 is 0 Å². The molecule has 2 heteroatoms. The average Bonchev–Trinajstić information content (AvgIpc) is 3.03. The first-order valence-electron chi connectivity index (χ1n) is 12.8. The van der Waals surface area contributed by atoms with Gasteiger partial charge in [-0.3, -0.25) is 0 Å². The molecule has 0 bridgehead atoms. The third-order valence-electron chi connectivity index (χ3n) is 10.3. The molecule has 166 valence electrons. The van der Waals surface area contributed by atoms with E-state index < -0.39 is 0 Å². The zero-order valence-corrected chi connectivity index (χ0v) is 19.5. The van der Waals surface area contributed by atoms with Crippen molar-refractivity contribution in [1.29, 1.82) is 0 Å². The average molecular weight is 403 g/mol. The van der Waals surface area contributed by atoms with Crippen LogP contribution >= 0.6 is 0 Å². The second-order valence-electron chi connectivity index (χ2n) is 12.2. The zero-order valence-electron chi connectivity index (χ0n) is 19.5. The molecular formula is C27H46O2. The summed E-state index contributed by atoms with van der Waals surface area (Å²) in [5.41, 5.74) is 2.36. The van der Waals surface area contributed by atoms with Gasteiger partial charge in [0, 0.05) is 6.61 Å². The van der Waals surface area contributed by atoms with Crippen LogP contribution in [0.5, 0.6) is 0 Å². The van der Waals surface area contributed by atoms with E-state index in [4.69, 9.17) is 0 Å². The summed E-state index contributed by atoms with van der Waals surface area (Å²) in [7, 11) is 0. The van der Waals surface area contributed by atoms with Crippen molar-refractivity contribution in [2.45, 2.75) is 104 Å². The van der Waals surface area contributed by atoms with Gasteiger partial charge in [0.1, 0.15) is 0 Å². The molecule has 2 N–H and O–H groups in total. The highest BCUT2D eigenvalue weighted by Crippen LogP contribution is 2.67. The maximum absolute atomic E-state index is 10.3. The van der Waals surface area contributed by atoms with Crippen molar-refractivity contribution in [2.24, 2.45) is 46.3 Å². The highest BCUT2D eigenvalue weighted by Gasteiger charge is 2.59. The van der Waals surface area contributed by atoms with E-state index in [9.17, 15) is 10.2 Å². The normalized spacial score (nSPS) is 45.3. The van der Waals surface area contributed by atoms with E-state index in [0.717, 1.165) is 42.4 Å². The second kappa shape index (κ2) is 8.30. The van der Waals surface area contributed by atoms with Gasteiger partial charge >= 0.3 is 0 Å². The lowest BCUT2D eigenvalue weighted by atomic mass is 9.47. The summed E-state index contributed by atoms with van der Waals surface area (Å²) < 4.78 is 0. The van der Waals surface area contributed by atoms with Crippen LogP contribution in [-0.2, 0) is 0 Å². The molecule has 0 amide bonds. The van der Waals surface area contributed by atoms with Gasteiger partial charge in [0.2, 0.25) is 0 Å². The Hall–Kier alpha value is -0.340. The summed E-state index contributed by atoms with van der Waals surface area (Å²) in [6.45, 7) is 10.1. The predicted octanol–water partition coefficient (Wildman–Crippen LogP) is 6.36. The van der Waals surface area contributed by atoms with Crippen LogP contribution in [0.3, 0.4) is 0 Å². The number of allylic oxidation sites excluding steroid dienone is 1. The van der Waals surface area contributed by atoms with E-state index in [1.165, 1.54) is 57.8 Å². The Labute approximate surface area is 179 Å². The Bertz CT molecular complexity index is 610. The Balaban J connectivity index is 1.51. The van der Waals surface area contributed by atoms with Crippen molar-refractivity contribution >= 4 is 0 Å².